The molecule has 2 aliphatic rings. The maximum Gasteiger partial charge on any atom is 0.330 e. The van der Waals surface area contributed by atoms with Crippen LogP contribution in [0.15, 0.2) is 25.3 Å². The molecule has 0 amide bonds. The molecule has 0 aromatic carbocycles. The van der Waals surface area contributed by atoms with Crippen molar-refractivity contribution in [2.45, 2.75) is 103 Å². The lowest BCUT2D eigenvalue weighted by Gasteiger charge is -2.46. The maximum absolute atomic E-state index is 11.2. The molecule has 224 valence electrons. The first-order valence-corrected chi connectivity index (χ1v) is 14.7. The standard InChI is InChI=1S/C31H52O8/c1-7-29(32)38-23(3)21-34-17-19-36-27-13-9-25(10-14-27)31(5,6)26-11-15-28(16-12-26)37-20-18-35-22-24(4)39-30(33)8-2/h7-8,23-28H,1-2,9-22H2,3-6H3. The molecule has 8 nitrogen and oxygen atoms in total. The van der Waals surface area contributed by atoms with Gasteiger partial charge in [0.25, 0.3) is 0 Å². The largest absolute Gasteiger partial charge is 0.457 e. The second kappa shape index (κ2) is 17.8. The minimum atomic E-state index is -0.429. The Labute approximate surface area is 235 Å². The van der Waals surface area contributed by atoms with E-state index in [0.29, 0.717) is 57.3 Å². The van der Waals surface area contributed by atoms with Crippen LogP contribution in [0, 0.1) is 17.3 Å². The van der Waals surface area contributed by atoms with Crippen molar-refractivity contribution in [1.82, 2.24) is 0 Å². The van der Waals surface area contributed by atoms with E-state index in [1.807, 2.05) is 0 Å². The summed E-state index contributed by atoms with van der Waals surface area (Å²) >= 11 is 0. The first-order chi connectivity index (χ1) is 18.6. The van der Waals surface area contributed by atoms with E-state index in [-0.39, 0.29) is 12.2 Å². The van der Waals surface area contributed by atoms with Crippen LogP contribution in [0.3, 0.4) is 0 Å². The molecule has 2 fully saturated rings. The maximum atomic E-state index is 11.2. The zero-order valence-electron chi connectivity index (χ0n) is 24.7. The molecule has 39 heavy (non-hydrogen) atoms. The average Bonchev–Trinajstić information content (AvgIpc) is 2.93. The third-order valence-electron chi connectivity index (χ3n) is 8.29. The van der Waals surface area contributed by atoms with E-state index >= 15 is 0 Å². The second-order valence-corrected chi connectivity index (χ2v) is 11.6. The smallest absolute Gasteiger partial charge is 0.330 e. The summed E-state index contributed by atoms with van der Waals surface area (Å²) in [6.07, 6.45) is 11.6. The van der Waals surface area contributed by atoms with E-state index in [1.54, 1.807) is 13.8 Å². The van der Waals surface area contributed by atoms with Crippen molar-refractivity contribution in [3.05, 3.63) is 25.3 Å². The van der Waals surface area contributed by atoms with E-state index in [1.165, 1.54) is 25.7 Å². The van der Waals surface area contributed by atoms with Gasteiger partial charge in [-0.1, -0.05) is 27.0 Å². The van der Waals surface area contributed by atoms with Crippen LogP contribution in [-0.2, 0) is 38.0 Å². The number of carbonyl (C=O) groups is 2. The molecule has 2 atom stereocenters. The fourth-order valence-electron chi connectivity index (χ4n) is 5.89. The summed E-state index contributed by atoms with van der Waals surface area (Å²) in [5, 5.41) is 0. The van der Waals surface area contributed by atoms with E-state index in [4.69, 9.17) is 28.4 Å². The van der Waals surface area contributed by atoms with Gasteiger partial charge < -0.3 is 28.4 Å². The quantitative estimate of drug-likeness (QED) is 0.126. The topological polar surface area (TPSA) is 89.5 Å². The number of esters is 2. The van der Waals surface area contributed by atoms with Crippen LogP contribution in [0.5, 0.6) is 0 Å². The molecular formula is C31H52O8. The second-order valence-electron chi connectivity index (χ2n) is 11.6. The van der Waals surface area contributed by atoms with Gasteiger partial charge in [-0.3, -0.25) is 0 Å². The van der Waals surface area contributed by atoms with E-state index in [0.717, 1.165) is 49.7 Å². The van der Waals surface area contributed by atoms with Gasteiger partial charge in [0.05, 0.1) is 51.8 Å². The number of rotatable bonds is 18. The molecule has 0 heterocycles. The van der Waals surface area contributed by atoms with Gasteiger partial charge in [0, 0.05) is 12.2 Å². The molecular weight excluding hydrogens is 500 g/mol. The van der Waals surface area contributed by atoms with Crippen molar-refractivity contribution >= 4 is 11.9 Å². The summed E-state index contributed by atoms with van der Waals surface area (Å²) in [5.41, 5.74) is 0.320. The molecule has 0 aromatic heterocycles. The normalized spacial score (nSPS) is 25.3. The molecule has 0 spiro atoms. The third-order valence-corrected chi connectivity index (χ3v) is 8.29. The molecule has 2 unspecified atom stereocenters. The Hall–Kier alpha value is -1.74. The van der Waals surface area contributed by atoms with E-state index < -0.39 is 11.9 Å². The van der Waals surface area contributed by atoms with Crippen molar-refractivity contribution < 1.29 is 38.0 Å². The van der Waals surface area contributed by atoms with Gasteiger partial charge in [-0.25, -0.2) is 9.59 Å². The first-order valence-electron chi connectivity index (χ1n) is 14.7. The molecule has 8 heteroatoms. The third kappa shape index (κ3) is 12.5. The highest BCUT2D eigenvalue weighted by molar-refractivity contribution is 5.81. The molecule has 0 N–H and O–H groups in total. The van der Waals surface area contributed by atoms with Gasteiger partial charge >= 0.3 is 11.9 Å². The minimum absolute atomic E-state index is 0.292. The summed E-state index contributed by atoms with van der Waals surface area (Å²) in [4.78, 5) is 22.4. The molecule has 0 aliphatic heterocycles. The lowest BCUT2D eigenvalue weighted by Crippen LogP contribution is -2.39. The lowest BCUT2D eigenvalue weighted by atomic mass is 9.60. The number of hydrogen-bond acceptors (Lipinski definition) is 8. The van der Waals surface area contributed by atoms with E-state index in [9.17, 15) is 9.59 Å². The van der Waals surface area contributed by atoms with Gasteiger partial charge in [0.1, 0.15) is 12.2 Å². The fourth-order valence-corrected chi connectivity index (χ4v) is 5.89. The zero-order valence-corrected chi connectivity index (χ0v) is 24.7. The van der Waals surface area contributed by atoms with Crippen LogP contribution >= 0.6 is 0 Å². The summed E-state index contributed by atoms with van der Waals surface area (Å²) in [6.45, 7) is 18.2. The van der Waals surface area contributed by atoms with Crippen LogP contribution < -0.4 is 0 Å². The highest BCUT2D eigenvalue weighted by Crippen LogP contribution is 2.48. The Balaban J connectivity index is 1.55. The molecule has 0 radical (unpaired) electrons. The van der Waals surface area contributed by atoms with Gasteiger partial charge in [-0.2, -0.15) is 0 Å². The van der Waals surface area contributed by atoms with Gasteiger partial charge in [-0.15, -0.1) is 0 Å². The van der Waals surface area contributed by atoms with Crippen LogP contribution in [-0.4, -0.2) is 76.0 Å². The van der Waals surface area contributed by atoms with Crippen molar-refractivity contribution in [3.8, 4) is 0 Å². The highest BCUT2D eigenvalue weighted by atomic mass is 16.6. The van der Waals surface area contributed by atoms with Crippen LogP contribution in [0.25, 0.3) is 0 Å². The van der Waals surface area contributed by atoms with Gasteiger partial charge in [0.2, 0.25) is 0 Å². The molecule has 0 aromatic rings. The molecule has 2 rings (SSSR count). The van der Waals surface area contributed by atoms with Crippen LogP contribution in [0.1, 0.15) is 79.1 Å². The van der Waals surface area contributed by atoms with Gasteiger partial charge in [-0.05, 0) is 82.5 Å². The minimum Gasteiger partial charge on any atom is -0.457 e. The fraction of sp³-hybridized carbons (Fsp3) is 0.806. The Kier molecular flexibility index (Phi) is 15.3. The van der Waals surface area contributed by atoms with Crippen molar-refractivity contribution in [2.24, 2.45) is 17.3 Å². The van der Waals surface area contributed by atoms with Crippen LogP contribution in [0.2, 0.25) is 0 Å². The molecule has 2 saturated carbocycles. The van der Waals surface area contributed by atoms with Gasteiger partial charge in [0.15, 0.2) is 0 Å². The lowest BCUT2D eigenvalue weighted by molar-refractivity contribution is -0.146. The Morgan fingerprint density at radius 1 is 0.692 bits per heavy atom. The summed E-state index contributed by atoms with van der Waals surface area (Å²) in [5.74, 6) is 0.591. The van der Waals surface area contributed by atoms with Crippen LogP contribution in [0.4, 0.5) is 0 Å². The number of ether oxygens (including phenoxy) is 6. The molecule has 0 saturated heterocycles. The van der Waals surface area contributed by atoms with Crippen molar-refractivity contribution in [2.75, 3.05) is 39.6 Å². The predicted octanol–water partition coefficient (Wildman–Crippen LogP) is 5.43. The molecule has 0 bridgehead atoms. The first kappa shape index (κ1) is 33.5. The summed E-state index contributed by atoms with van der Waals surface area (Å²) in [6, 6.07) is 0. The SMILES string of the molecule is C=CC(=O)OC(C)COCCOC1CCC(C(C)(C)C2CCC(OCCOCC(C)OC(=O)C=C)CC2)CC1. The predicted molar refractivity (Wildman–Crippen MR) is 150 cm³/mol. The zero-order chi connectivity index (χ0) is 28.7. The Morgan fingerprint density at radius 3 is 1.38 bits per heavy atom. The summed E-state index contributed by atoms with van der Waals surface area (Å²) in [7, 11) is 0. The molecule has 2 aliphatic carbocycles. The number of carbonyl (C=O) groups excluding carboxylic acids is 2. The Bertz CT molecular complexity index is 675. The van der Waals surface area contributed by atoms with E-state index in [2.05, 4.69) is 27.0 Å². The highest BCUT2D eigenvalue weighted by Gasteiger charge is 2.40. The Morgan fingerprint density at radius 2 is 1.05 bits per heavy atom. The van der Waals surface area contributed by atoms with Crippen molar-refractivity contribution in [1.29, 1.82) is 0 Å². The average molecular weight is 553 g/mol. The van der Waals surface area contributed by atoms with Crippen molar-refractivity contribution in [3.63, 3.8) is 0 Å². The monoisotopic (exact) mass is 552 g/mol. The number of hydrogen-bond donors (Lipinski definition) is 0. The summed E-state index contributed by atoms with van der Waals surface area (Å²) < 4.78 is 33.5.